The second-order valence-corrected chi connectivity index (χ2v) is 42.4. The maximum absolute atomic E-state index is 12.8. The molecule has 4 atom stereocenters. The molecule has 9 heterocycles. The van der Waals surface area contributed by atoms with E-state index in [1.54, 1.807) is 22.3 Å². The topological polar surface area (TPSA) is 196 Å². The summed E-state index contributed by atoms with van der Waals surface area (Å²) in [4.78, 5) is 48.8. The molecule has 0 aliphatic carbocycles. The summed E-state index contributed by atoms with van der Waals surface area (Å²) >= 11 is 5.35. The lowest BCUT2D eigenvalue weighted by molar-refractivity contribution is 0.0640. The van der Waals surface area contributed by atoms with E-state index < -0.39 is 22.4 Å². The number of benzene rings is 12. The van der Waals surface area contributed by atoms with Crippen LogP contribution in [0.5, 0.6) is 0 Å². The summed E-state index contributed by atoms with van der Waals surface area (Å²) in [6.07, 6.45) is 6.27. The van der Waals surface area contributed by atoms with Crippen LogP contribution in [0.2, 0.25) is 0 Å². The van der Waals surface area contributed by atoms with Gasteiger partial charge in [0.1, 0.15) is 52.5 Å². The Kier molecular flexibility index (Phi) is 33.1. The van der Waals surface area contributed by atoms with Crippen molar-refractivity contribution in [2.24, 2.45) is 0 Å². The number of thiophene rings is 1. The number of anilines is 3. The van der Waals surface area contributed by atoms with Gasteiger partial charge in [-0.2, -0.15) is 5.10 Å². The van der Waals surface area contributed by atoms with E-state index in [1.165, 1.54) is 17.5 Å². The number of aliphatic hydroxyl groups is 4. The third-order valence-electron chi connectivity index (χ3n) is 29.1. The lowest BCUT2D eigenvalue weighted by atomic mass is 9.79. The SMILES string of the molecule is CN(C)CCC(O)(c1cccc2ccccc12)c1cccc2nc(N3CCN(C)CC3)c(-c3ccccc3)cc12.CN(C)CCC(O)(c1ccccc1)c1cccc2nc(-n3cncn3)c(-c3ccccc3)cc12.CN(C)CCC(O)(c1ccccc1)c1cccc2nc(N3CCN(C)CC3)c(-c3ccccc3)cc12.CN(C)CCC(O)(c1cccs1)c1cc(Br)cc2cc(Cc3ccccc3)c(N3CCN(C)CC3)nc12. The highest BCUT2D eigenvalue weighted by molar-refractivity contribution is 9.10. The van der Waals surface area contributed by atoms with Gasteiger partial charge in [-0.25, -0.2) is 29.6 Å². The molecule has 3 aliphatic heterocycles. The van der Waals surface area contributed by atoms with Gasteiger partial charge in [-0.05, 0) is 241 Å². The van der Waals surface area contributed by atoms with Gasteiger partial charge in [0, 0.05) is 164 Å². The number of halogens is 1. The minimum Gasteiger partial charge on any atom is -0.380 e. The summed E-state index contributed by atoms with van der Waals surface area (Å²) in [5.41, 5.74) is 14.0. The van der Waals surface area contributed by atoms with Gasteiger partial charge in [0.15, 0.2) is 5.82 Å². The molecule has 0 saturated carbocycles. The van der Waals surface area contributed by atoms with Gasteiger partial charge in [0.2, 0.25) is 0 Å². The highest BCUT2D eigenvalue weighted by Gasteiger charge is 2.41. The molecule has 3 saturated heterocycles. The number of hydrogen-bond donors (Lipinski definition) is 4. The number of rotatable bonds is 29. The third-order valence-corrected chi connectivity index (χ3v) is 30.6. The van der Waals surface area contributed by atoms with Crippen molar-refractivity contribution in [2.45, 2.75) is 54.5 Å². The lowest BCUT2D eigenvalue weighted by Gasteiger charge is -2.35. The molecule has 21 rings (SSSR count). The molecule has 18 aromatic rings. The first kappa shape index (κ1) is 104. The van der Waals surface area contributed by atoms with Gasteiger partial charge in [-0.3, -0.25) is 0 Å². The molecular formula is C124H136BrN17O4S. The van der Waals surface area contributed by atoms with E-state index in [4.69, 9.17) is 19.9 Å². The van der Waals surface area contributed by atoms with Gasteiger partial charge >= 0.3 is 0 Å². The van der Waals surface area contributed by atoms with E-state index in [9.17, 15) is 20.4 Å². The van der Waals surface area contributed by atoms with Gasteiger partial charge in [0.05, 0.1) is 22.1 Å². The van der Waals surface area contributed by atoms with Gasteiger partial charge in [-0.15, -0.1) is 11.3 Å². The number of likely N-dealkylation sites (N-methyl/N-ethyl adjacent to an activating group) is 3. The number of hydrogen-bond acceptors (Lipinski definition) is 21. The van der Waals surface area contributed by atoms with E-state index >= 15 is 0 Å². The summed E-state index contributed by atoms with van der Waals surface area (Å²) in [6.45, 7) is 14.8. The smallest absolute Gasteiger partial charge is 0.163 e. The Morgan fingerprint density at radius 2 is 0.694 bits per heavy atom. The van der Waals surface area contributed by atoms with Crippen molar-refractivity contribution in [2.75, 3.05) is 197 Å². The molecule has 147 heavy (non-hydrogen) atoms. The summed E-state index contributed by atoms with van der Waals surface area (Å²) in [5.74, 6) is 3.78. The average molecular weight is 2040 g/mol. The molecule has 21 nitrogen and oxygen atoms in total. The highest BCUT2D eigenvalue weighted by Crippen LogP contribution is 2.48. The molecule has 6 aromatic heterocycles. The molecule has 4 N–H and O–H groups in total. The maximum atomic E-state index is 12.8. The van der Waals surface area contributed by atoms with Crippen LogP contribution < -0.4 is 14.7 Å². The molecule has 3 fully saturated rings. The second-order valence-electron chi connectivity index (χ2n) is 40.6. The summed E-state index contributed by atoms with van der Waals surface area (Å²) in [5, 5.41) is 62.3. The fourth-order valence-electron chi connectivity index (χ4n) is 20.7. The lowest BCUT2D eigenvalue weighted by Crippen LogP contribution is -2.45. The zero-order valence-corrected chi connectivity index (χ0v) is 88.8. The first-order valence-corrected chi connectivity index (χ1v) is 52.9. The van der Waals surface area contributed by atoms with Crippen molar-refractivity contribution in [1.82, 2.24) is 69.0 Å². The van der Waals surface area contributed by atoms with Gasteiger partial charge in [0.25, 0.3) is 0 Å². The van der Waals surface area contributed by atoms with Crippen LogP contribution in [0.1, 0.15) is 80.6 Å². The molecule has 23 heteroatoms. The summed E-state index contributed by atoms with van der Waals surface area (Å²) in [7, 11) is 22.9. The number of pyridine rings is 4. The summed E-state index contributed by atoms with van der Waals surface area (Å²) < 4.78 is 2.64. The van der Waals surface area contributed by atoms with Crippen LogP contribution in [0.3, 0.4) is 0 Å². The maximum Gasteiger partial charge on any atom is 0.163 e. The van der Waals surface area contributed by atoms with Crippen LogP contribution in [0.15, 0.2) is 350 Å². The second kappa shape index (κ2) is 46.9. The van der Waals surface area contributed by atoms with Crippen molar-refractivity contribution >= 4 is 99.1 Å². The molecule has 0 bridgehead atoms. The van der Waals surface area contributed by atoms with Crippen molar-refractivity contribution in [3.8, 4) is 39.2 Å². The van der Waals surface area contributed by atoms with Crippen LogP contribution in [0.25, 0.3) is 93.6 Å². The molecular weight excluding hydrogens is 1900 g/mol. The number of fused-ring (bicyclic) bond motifs is 5. The first-order chi connectivity index (χ1) is 71.3. The molecule has 0 radical (unpaired) electrons. The van der Waals surface area contributed by atoms with Crippen molar-refractivity contribution in [3.05, 3.63) is 405 Å². The standard InChI is InChI=1S/C35H38N4O.C31H36N4O.C30H35BrN4OS.C28H27N5O/c1-37(2)20-19-35(40,31-16-9-14-26-13-7-8-15-28(26)31)32-17-10-18-33-30(32)25-29(27-11-5-4-6-12-27)34(36-33)39-23-21-38(3)22-24-39;1-33(2)18-17-31(36,25-13-8-5-9-14-25)28-15-10-16-29-27(28)23-26(24-11-6-4-7-12-24)30(32-29)35-21-19-34(3)20-22-35;1-33(2)12-11-30(36,27-10-7-17-37-27)26-21-25(31)20-23-19-24(18-22-8-5-4-6-9-22)29(32-28(23)26)35-15-13-34(3)14-16-35;1-32(2)17-16-28(34,22-12-7-4-8-13-22)25-14-9-15-26-24(25)18-23(21-10-5-3-6-11-21)27(31-26)33-20-29-19-30-33/h4-18,25,40H,19-24H2,1-3H3;4-16,23,36H,17-22H2,1-3H3;4-10,17,19-21,36H,11-16,18H2,1-3H3;3-15,18-20,34H,16-17H2,1-2H3. The largest absolute Gasteiger partial charge is 0.380 e. The molecule has 3 aliphatic rings. The van der Waals surface area contributed by atoms with E-state index in [-0.39, 0.29) is 0 Å². The van der Waals surface area contributed by atoms with Gasteiger partial charge in [-0.1, -0.05) is 283 Å². The van der Waals surface area contributed by atoms with Crippen molar-refractivity contribution in [3.63, 3.8) is 0 Å². The zero-order chi connectivity index (χ0) is 102. The predicted octanol–water partition coefficient (Wildman–Crippen LogP) is 21.1. The van der Waals surface area contributed by atoms with Crippen LogP contribution in [-0.4, -0.2) is 272 Å². The monoisotopic (exact) mass is 2040 g/mol. The molecule has 754 valence electrons. The van der Waals surface area contributed by atoms with Crippen LogP contribution in [0.4, 0.5) is 17.5 Å². The Morgan fingerprint density at radius 3 is 1.12 bits per heavy atom. The molecule has 4 unspecified atom stereocenters. The Morgan fingerprint density at radius 1 is 0.327 bits per heavy atom. The number of aromatic nitrogens is 7. The minimum atomic E-state index is -1.20. The molecule has 0 amide bonds. The first-order valence-electron chi connectivity index (χ1n) is 51.2. The molecule has 0 spiro atoms. The predicted molar refractivity (Wildman–Crippen MR) is 610 cm³/mol. The van der Waals surface area contributed by atoms with E-state index in [0.717, 1.165) is 265 Å². The normalized spacial score (nSPS) is 15.6. The third kappa shape index (κ3) is 23.7. The van der Waals surface area contributed by atoms with E-state index in [1.807, 2.05) is 175 Å². The van der Waals surface area contributed by atoms with Crippen LogP contribution in [0, 0.1) is 0 Å². The van der Waals surface area contributed by atoms with Gasteiger partial charge < -0.3 is 69.4 Å². The zero-order valence-electron chi connectivity index (χ0n) is 86.4. The Balaban J connectivity index is 0.000000129. The Bertz CT molecular complexity index is 7400. The average Bonchev–Trinajstić information content (AvgIpc) is 1.72. The Hall–Kier alpha value is -13.2. The van der Waals surface area contributed by atoms with Crippen molar-refractivity contribution < 1.29 is 20.4 Å². The fraction of sp³-hybridized carbons (Fsp3) is 0.290. The van der Waals surface area contributed by atoms with Crippen LogP contribution >= 0.6 is 27.3 Å². The quantitative estimate of drug-likeness (QED) is 0.0345. The number of piperazine rings is 3. The summed E-state index contributed by atoms with van der Waals surface area (Å²) in [6, 6.07) is 112. The number of nitrogens with zero attached hydrogens (tertiary/aromatic N) is 17. The van der Waals surface area contributed by atoms with Crippen molar-refractivity contribution in [1.29, 1.82) is 0 Å². The fourth-order valence-corrected chi connectivity index (χ4v) is 22.1. The highest BCUT2D eigenvalue weighted by atomic mass is 79.9. The van der Waals surface area contributed by atoms with E-state index in [0.29, 0.717) is 31.5 Å². The minimum absolute atomic E-state index is 0.550. The van der Waals surface area contributed by atoms with E-state index in [2.05, 4.69) is 310 Å². The molecule has 12 aromatic carbocycles. The Labute approximate surface area is 878 Å². The van der Waals surface area contributed by atoms with Crippen LogP contribution in [-0.2, 0) is 28.8 Å².